The van der Waals surface area contributed by atoms with Crippen molar-refractivity contribution >= 4 is 5.96 Å². The molecule has 8 heteroatoms. The van der Waals surface area contributed by atoms with Gasteiger partial charge in [-0.05, 0) is 33.6 Å². The molecule has 2 aliphatic heterocycles. The Bertz CT molecular complexity index is 443. The lowest BCUT2D eigenvalue weighted by Gasteiger charge is -2.34. The molecule has 0 saturated carbocycles. The Labute approximate surface area is 137 Å². The topological polar surface area (TPSA) is 80.4 Å². The summed E-state index contributed by atoms with van der Waals surface area (Å²) in [6.07, 6.45) is 1.53. The predicted molar refractivity (Wildman–Crippen MR) is 86.6 cm³/mol. The highest BCUT2D eigenvalue weighted by molar-refractivity contribution is 5.81. The van der Waals surface area contributed by atoms with Gasteiger partial charge in [-0.2, -0.15) is 0 Å². The first kappa shape index (κ1) is 17.9. The van der Waals surface area contributed by atoms with Crippen LogP contribution < -0.4 is 0 Å². The monoisotopic (exact) mass is 328 g/mol. The van der Waals surface area contributed by atoms with Gasteiger partial charge in [-0.1, -0.05) is 6.92 Å². The van der Waals surface area contributed by atoms with Gasteiger partial charge in [0.2, 0.25) is 0 Å². The van der Waals surface area contributed by atoms with Crippen molar-refractivity contribution in [2.75, 3.05) is 32.8 Å². The first-order valence-electron chi connectivity index (χ1n) is 8.30. The molecule has 0 aromatic rings. The zero-order valence-electron chi connectivity index (χ0n) is 14.5. The van der Waals surface area contributed by atoms with Gasteiger partial charge in [-0.15, -0.1) is 0 Å². The summed E-state index contributed by atoms with van der Waals surface area (Å²) >= 11 is 0. The zero-order valence-corrected chi connectivity index (χ0v) is 14.5. The fourth-order valence-corrected chi connectivity index (χ4v) is 3.06. The number of hydrogen-bond acceptors (Lipinski definition) is 4. The molecule has 2 fully saturated rings. The molecule has 0 radical (unpaired) electrons. The van der Waals surface area contributed by atoms with Gasteiger partial charge in [0.15, 0.2) is 5.03 Å². The van der Waals surface area contributed by atoms with E-state index in [1.165, 1.54) is 0 Å². The first-order chi connectivity index (χ1) is 10.8. The molecule has 2 saturated heterocycles. The molecule has 2 rings (SSSR count). The summed E-state index contributed by atoms with van der Waals surface area (Å²) < 4.78 is 11.5. The van der Waals surface area contributed by atoms with Crippen LogP contribution in [0.15, 0.2) is 5.10 Å². The van der Waals surface area contributed by atoms with Gasteiger partial charge < -0.3 is 19.3 Å². The third-order valence-electron chi connectivity index (χ3n) is 4.01. The predicted octanol–water partition coefficient (Wildman–Crippen LogP) is 1.74. The number of rotatable bonds is 6. The molecule has 0 N–H and O–H groups in total. The van der Waals surface area contributed by atoms with Crippen LogP contribution in [0.25, 0.3) is 0 Å². The van der Waals surface area contributed by atoms with Gasteiger partial charge in [0.1, 0.15) is 11.3 Å². The summed E-state index contributed by atoms with van der Waals surface area (Å²) in [5.74, 6) is 0.827. The third-order valence-corrected chi connectivity index (χ3v) is 4.01. The van der Waals surface area contributed by atoms with E-state index in [2.05, 4.69) is 5.10 Å². The Morgan fingerprint density at radius 2 is 2.22 bits per heavy atom. The minimum atomic E-state index is -0.615. The molecule has 2 unspecified atom stereocenters. The molecule has 0 aromatic carbocycles. The molecule has 8 nitrogen and oxygen atoms in total. The fourth-order valence-electron chi connectivity index (χ4n) is 3.06. The number of hydrazone groups is 1. The summed E-state index contributed by atoms with van der Waals surface area (Å²) in [6, 6.07) is 0. The lowest BCUT2D eigenvalue weighted by molar-refractivity contribution is -0.486. The quantitative estimate of drug-likeness (QED) is 0.546. The zero-order chi connectivity index (χ0) is 17.0. The minimum Gasteiger partial charge on any atom is -0.381 e. The van der Waals surface area contributed by atoms with Gasteiger partial charge in [0, 0.05) is 32.2 Å². The van der Waals surface area contributed by atoms with Gasteiger partial charge >= 0.3 is 0 Å². The van der Waals surface area contributed by atoms with Gasteiger partial charge in [-0.3, -0.25) is 0 Å². The van der Waals surface area contributed by atoms with Crippen molar-refractivity contribution < 1.29 is 14.5 Å². The maximum Gasteiger partial charge on any atom is 0.276 e. The molecule has 2 aliphatic rings. The Balaban J connectivity index is 2.13. The SMILES string of the molecule is CCC(OC(C)(C)C)N1CCN(CC2CCOC2)C1=N[N+](=O)[O-]. The average Bonchev–Trinajstić information content (AvgIpc) is 3.06. The second-order valence-corrected chi connectivity index (χ2v) is 7.10. The Hall–Kier alpha value is -1.41. The van der Waals surface area contributed by atoms with Crippen LogP contribution in [-0.2, 0) is 9.47 Å². The molecule has 0 bridgehead atoms. The highest BCUT2D eigenvalue weighted by atomic mass is 16.7. The minimum absolute atomic E-state index is 0.210. The normalized spacial score (nSPS) is 25.4. The van der Waals surface area contributed by atoms with Gasteiger partial charge in [-0.25, -0.2) is 10.1 Å². The van der Waals surface area contributed by atoms with Crippen molar-refractivity contribution in [2.45, 2.75) is 52.4 Å². The van der Waals surface area contributed by atoms with Crippen LogP contribution in [-0.4, -0.2) is 65.5 Å². The largest absolute Gasteiger partial charge is 0.381 e. The fraction of sp³-hybridized carbons (Fsp3) is 0.933. The van der Waals surface area contributed by atoms with Crippen LogP contribution >= 0.6 is 0 Å². The van der Waals surface area contributed by atoms with Crippen molar-refractivity contribution in [3.05, 3.63) is 10.1 Å². The van der Waals surface area contributed by atoms with Gasteiger partial charge in [0.25, 0.3) is 5.96 Å². The van der Waals surface area contributed by atoms with E-state index in [-0.39, 0.29) is 11.8 Å². The van der Waals surface area contributed by atoms with Crippen LogP contribution in [0, 0.1) is 16.0 Å². The number of hydrogen-bond donors (Lipinski definition) is 0. The maximum absolute atomic E-state index is 11.0. The Kier molecular flexibility index (Phi) is 5.80. The van der Waals surface area contributed by atoms with E-state index in [1.807, 2.05) is 37.5 Å². The van der Waals surface area contributed by atoms with E-state index in [9.17, 15) is 10.1 Å². The summed E-state index contributed by atoms with van der Waals surface area (Å²) in [5, 5.41) is 14.0. The van der Waals surface area contributed by atoms with Crippen molar-refractivity contribution in [1.29, 1.82) is 0 Å². The van der Waals surface area contributed by atoms with Gasteiger partial charge in [0.05, 0.1) is 12.2 Å². The highest BCUT2D eigenvalue weighted by Crippen LogP contribution is 2.23. The van der Waals surface area contributed by atoms with Crippen LogP contribution in [0.3, 0.4) is 0 Å². The van der Waals surface area contributed by atoms with E-state index < -0.39 is 5.03 Å². The highest BCUT2D eigenvalue weighted by Gasteiger charge is 2.37. The molecule has 0 aliphatic carbocycles. The molecule has 2 atom stereocenters. The lowest BCUT2D eigenvalue weighted by atomic mass is 10.1. The van der Waals surface area contributed by atoms with Crippen LogP contribution in [0.5, 0.6) is 0 Å². The average molecular weight is 328 g/mol. The molecule has 0 spiro atoms. The van der Waals surface area contributed by atoms with Crippen LogP contribution in [0.1, 0.15) is 40.5 Å². The molecule has 0 aromatic heterocycles. The number of guanidine groups is 1. The van der Waals surface area contributed by atoms with Crippen LogP contribution in [0.4, 0.5) is 0 Å². The van der Waals surface area contributed by atoms with Crippen LogP contribution in [0.2, 0.25) is 0 Å². The Morgan fingerprint density at radius 1 is 1.48 bits per heavy atom. The number of nitro groups is 1. The molecule has 132 valence electrons. The number of nitrogens with zero attached hydrogens (tertiary/aromatic N) is 4. The van der Waals surface area contributed by atoms with E-state index in [4.69, 9.17) is 9.47 Å². The van der Waals surface area contributed by atoms with E-state index in [0.29, 0.717) is 18.4 Å². The smallest absolute Gasteiger partial charge is 0.276 e. The van der Waals surface area contributed by atoms with E-state index in [1.54, 1.807) is 0 Å². The summed E-state index contributed by atoms with van der Waals surface area (Å²) in [6.45, 7) is 11.6. The van der Waals surface area contributed by atoms with Crippen molar-refractivity contribution in [3.8, 4) is 0 Å². The molecular formula is C15H28N4O4. The molecule has 2 heterocycles. The maximum atomic E-state index is 11.0. The number of ether oxygens (including phenoxy) is 2. The lowest BCUT2D eigenvalue weighted by Crippen LogP contribution is -2.45. The standard InChI is InChI=1S/C15H28N4O4/c1-5-13(23-15(2,3)4)18-8-7-17(14(18)16-19(20)21)10-12-6-9-22-11-12/h12-13H,5-11H2,1-4H3. The second kappa shape index (κ2) is 7.44. The molecule has 23 heavy (non-hydrogen) atoms. The summed E-state index contributed by atoms with van der Waals surface area (Å²) in [7, 11) is 0. The Morgan fingerprint density at radius 3 is 2.74 bits per heavy atom. The van der Waals surface area contributed by atoms with Crippen molar-refractivity contribution in [2.24, 2.45) is 11.0 Å². The van der Waals surface area contributed by atoms with E-state index >= 15 is 0 Å². The second-order valence-electron chi connectivity index (χ2n) is 7.10. The summed E-state index contributed by atoms with van der Waals surface area (Å²) in [5.41, 5.74) is -0.312. The van der Waals surface area contributed by atoms with Crippen molar-refractivity contribution in [1.82, 2.24) is 9.80 Å². The first-order valence-corrected chi connectivity index (χ1v) is 8.30. The van der Waals surface area contributed by atoms with E-state index in [0.717, 1.165) is 39.1 Å². The molecule has 0 amide bonds. The summed E-state index contributed by atoms with van der Waals surface area (Å²) in [4.78, 5) is 14.9. The molecular weight excluding hydrogens is 300 g/mol. The third kappa shape index (κ3) is 5.04. The van der Waals surface area contributed by atoms with Crippen molar-refractivity contribution in [3.63, 3.8) is 0 Å².